The Kier molecular flexibility index (Phi) is 10.3. The summed E-state index contributed by atoms with van der Waals surface area (Å²) in [5.41, 5.74) is 1.61. The molecule has 0 aliphatic heterocycles. The van der Waals surface area contributed by atoms with Crippen LogP contribution < -0.4 is 5.32 Å². The van der Waals surface area contributed by atoms with Crippen molar-refractivity contribution in [2.24, 2.45) is 0 Å². The van der Waals surface area contributed by atoms with Gasteiger partial charge in [0.2, 0.25) is 5.91 Å². The van der Waals surface area contributed by atoms with E-state index in [1.54, 1.807) is 32.1 Å². The first-order valence-corrected chi connectivity index (χ1v) is 14.8. The molecule has 1 N–H and O–H groups in total. The summed E-state index contributed by atoms with van der Waals surface area (Å²) in [5.74, 6) is -0.207. The minimum Gasteiger partial charge on any atom is -0.462 e. The van der Waals surface area contributed by atoms with Gasteiger partial charge in [-0.15, -0.1) is 32.9 Å². The number of carbonyl (C=O) groups excluding carboxylic acids is 3. The average Bonchev–Trinajstić information content (AvgIpc) is 3.56. The Balaban J connectivity index is 1.79. The van der Waals surface area contributed by atoms with Crippen LogP contribution in [0.5, 0.6) is 0 Å². The van der Waals surface area contributed by atoms with E-state index >= 15 is 0 Å². The van der Waals surface area contributed by atoms with Crippen LogP contribution in [0.15, 0.2) is 16.6 Å². The van der Waals surface area contributed by atoms with Crippen LogP contribution in [-0.4, -0.2) is 51.6 Å². The van der Waals surface area contributed by atoms with Crippen LogP contribution in [-0.2, 0) is 20.8 Å². The van der Waals surface area contributed by atoms with E-state index in [0.29, 0.717) is 16.6 Å². The van der Waals surface area contributed by atoms with Crippen molar-refractivity contribution in [2.75, 3.05) is 24.3 Å². The van der Waals surface area contributed by atoms with Crippen molar-refractivity contribution < 1.29 is 23.9 Å². The number of anilines is 1. The van der Waals surface area contributed by atoms with Gasteiger partial charge in [0.05, 0.1) is 24.5 Å². The van der Waals surface area contributed by atoms with Crippen molar-refractivity contribution in [1.82, 2.24) is 14.8 Å². The van der Waals surface area contributed by atoms with E-state index in [-0.39, 0.29) is 40.3 Å². The predicted octanol–water partition coefficient (Wildman–Crippen LogP) is 5.99. The number of esters is 2. The number of thiophene rings is 2. The topological polar surface area (TPSA) is 112 Å². The fourth-order valence-electron chi connectivity index (χ4n) is 3.54. The normalized spacial score (nSPS) is 11.1. The fourth-order valence-corrected chi connectivity index (χ4v) is 6.31. The molecule has 0 unspecified atom stereocenters. The fraction of sp³-hybridized carbons (Fsp3) is 0.480. The van der Waals surface area contributed by atoms with E-state index in [9.17, 15) is 14.4 Å². The third-order valence-electron chi connectivity index (χ3n) is 5.28. The molecule has 37 heavy (non-hydrogen) atoms. The molecule has 0 bridgehead atoms. The lowest BCUT2D eigenvalue weighted by molar-refractivity contribution is -0.113. The Hall–Kier alpha value is -2.70. The molecule has 0 atom stereocenters. The van der Waals surface area contributed by atoms with Gasteiger partial charge in [-0.3, -0.25) is 4.79 Å². The summed E-state index contributed by atoms with van der Waals surface area (Å²) in [4.78, 5) is 39.4. The molecule has 0 spiro atoms. The Bertz CT molecular complexity index is 1260. The maximum absolute atomic E-state index is 12.9. The van der Waals surface area contributed by atoms with Gasteiger partial charge in [-0.05, 0) is 44.7 Å². The average molecular weight is 565 g/mol. The number of nitrogens with zero attached hydrogens (tertiary/aromatic N) is 3. The Morgan fingerprint density at radius 3 is 2.43 bits per heavy atom. The first-order chi connectivity index (χ1) is 17.7. The summed E-state index contributed by atoms with van der Waals surface area (Å²) in [6.07, 6.45) is 0.889. The highest BCUT2D eigenvalue weighted by atomic mass is 32.2. The maximum Gasteiger partial charge on any atom is 0.348 e. The van der Waals surface area contributed by atoms with Gasteiger partial charge < -0.3 is 19.4 Å². The van der Waals surface area contributed by atoms with E-state index in [0.717, 1.165) is 35.7 Å². The van der Waals surface area contributed by atoms with Crippen molar-refractivity contribution >= 4 is 57.3 Å². The van der Waals surface area contributed by atoms with Crippen molar-refractivity contribution in [1.29, 1.82) is 0 Å². The molecule has 0 aliphatic carbocycles. The molecule has 200 valence electrons. The molecule has 0 aliphatic rings. The lowest BCUT2D eigenvalue weighted by atomic mass is 10.1. The zero-order valence-electron chi connectivity index (χ0n) is 21.9. The van der Waals surface area contributed by atoms with Crippen molar-refractivity contribution in [3.8, 4) is 11.4 Å². The first kappa shape index (κ1) is 28.9. The molecule has 12 heteroatoms. The van der Waals surface area contributed by atoms with Crippen LogP contribution in [0, 0.1) is 6.92 Å². The molecule has 0 saturated heterocycles. The summed E-state index contributed by atoms with van der Waals surface area (Å²) in [6.45, 7) is 12.5. The van der Waals surface area contributed by atoms with Crippen LogP contribution in [0.4, 0.5) is 5.00 Å². The molecule has 9 nitrogen and oxygen atoms in total. The van der Waals surface area contributed by atoms with Gasteiger partial charge in [-0.25, -0.2) is 9.59 Å². The number of hydrogen-bond acceptors (Lipinski definition) is 10. The zero-order chi connectivity index (χ0) is 27.1. The van der Waals surface area contributed by atoms with Crippen LogP contribution in [0.3, 0.4) is 0 Å². The number of aromatic nitrogens is 3. The minimum absolute atomic E-state index is 0.0523. The molecule has 0 radical (unpaired) electrons. The highest BCUT2D eigenvalue weighted by Gasteiger charge is 2.27. The van der Waals surface area contributed by atoms with E-state index < -0.39 is 11.9 Å². The second-order valence-corrected chi connectivity index (χ2v) is 11.3. The van der Waals surface area contributed by atoms with Crippen LogP contribution in [0.1, 0.15) is 77.4 Å². The van der Waals surface area contributed by atoms with Gasteiger partial charge in [0.15, 0.2) is 11.0 Å². The van der Waals surface area contributed by atoms with E-state index in [4.69, 9.17) is 9.47 Å². The third-order valence-corrected chi connectivity index (χ3v) is 8.67. The summed E-state index contributed by atoms with van der Waals surface area (Å²) in [6, 6.07) is 2.14. The van der Waals surface area contributed by atoms with Crippen LogP contribution in [0.2, 0.25) is 0 Å². The standard InChI is InChI=1S/C25H32N4O5S3/c1-7-10-29-21(16-11-17(14(4)5)35-12-16)27-28-25(29)36-13-18(30)26-22-19(23(31)33-8-2)15(6)20(37-22)24(32)34-9-3/h11-12,14H,7-10,13H2,1-6H3,(H,26,30). The van der Waals surface area contributed by atoms with Crippen molar-refractivity contribution in [3.63, 3.8) is 0 Å². The number of nitrogens with one attached hydrogen (secondary N) is 1. The van der Waals surface area contributed by atoms with E-state index in [1.807, 2.05) is 4.57 Å². The molecule has 0 aromatic carbocycles. The number of thioether (sulfide) groups is 1. The monoisotopic (exact) mass is 564 g/mol. The predicted molar refractivity (Wildman–Crippen MR) is 148 cm³/mol. The molecule has 3 aromatic rings. The first-order valence-electron chi connectivity index (χ1n) is 12.1. The molecule has 3 heterocycles. The Labute approximate surface area is 229 Å². The highest BCUT2D eigenvalue weighted by Crippen LogP contribution is 2.35. The zero-order valence-corrected chi connectivity index (χ0v) is 24.3. The SMILES string of the molecule is CCCn1c(SCC(=O)Nc2sc(C(=O)OCC)c(C)c2C(=O)OCC)nnc1-c1csc(C(C)C)c1. The molecule has 1 amide bonds. The van der Waals surface area contributed by atoms with Crippen LogP contribution in [0.25, 0.3) is 11.4 Å². The van der Waals surface area contributed by atoms with Crippen molar-refractivity contribution in [3.05, 3.63) is 32.3 Å². The van der Waals surface area contributed by atoms with E-state index in [1.165, 1.54) is 16.6 Å². The number of ether oxygens (including phenoxy) is 2. The second kappa shape index (κ2) is 13.2. The lowest BCUT2D eigenvalue weighted by Gasteiger charge is -2.09. The van der Waals surface area contributed by atoms with Gasteiger partial charge in [-0.1, -0.05) is 32.5 Å². The van der Waals surface area contributed by atoms with Gasteiger partial charge in [-0.2, -0.15) is 0 Å². The number of hydrogen-bond donors (Lipinski definition) is 1. The molecular formula is C25H32N4O5S3. The second-order valence-electron chi connectivity index (χ2n) is 8.39. The van der Waals surface area contributed by atoms with E-state index in [2.05, 4.69) is 47.7 Å². The molecule has 3 aromatic heterocycles. The summed E-state index contributed by atoms with van der Waals surface area (Å²) in [7, 11) is 0. The summed E-state index contributed by atoms with van der Waals surface area (Å²) < 4.78 is 12.3. The van der Waals surface area contributed by atoms with Gasteiger partial charge in [0.1, 0.15) is 9.88 Å². The molecular weight excluding hydrogens is 532 g/mol. The lowest BCUT2D eigenvalue weighted by Crippen LogP contribution is -2.17. The largest absolute Gasteiger partial charge is 0.462 e. The summed E-state index contributed by atoms with van der Waals surface area (Å²) in [5, 5.41) is 14.5. The summed E-state index contributed by atoms with van der Waals surface area (Å²) >= 11 is 3.98. The highest BCUT2D eigenvalue weighted by molar-refractivity contribution is 7.99. The molecule has 0 saturated carbocycles. The number of carbonyl (C=O) groups is 3. The third kappa shape index (κ3) is 6.79. The molecule has 0 fully saturated rings. The van der Waals surface area contributed by atoms with Gasteiger partial charge in [0.25, 0.3) is 0 Å². The maximum atomic E-state index is 12.9. The Morgan fingerprint density at radius 2 is 1.81 bits per heavy atom. The van der Waals surface area contributed by atoms with Gasteiger partial charge >= 0.3 is 11.9 Å². The quantitative estimate of drug-likeness (QED) is 0.211. The Morgan fingerprint density at radius 1 is 1.11 bits per heavy atom. The number of amides is 1. The minimum atomic E-state index is -0.599. The number of rotatable bonds is 12. The van der Waals surface area contributed by atoms with Crippen LogP contribution >= 0.6 is 34.4 Å². The smallest absolute Gasteiger partial charge is 0.348 e. The molecule has 3 rings (SSSR count). The van der Waals surface area contributed by atoms with Gasteiger partial charge in [0, 0.05) is 22.4 Å². The van der Waals surface area contributed by atoms with Crippen molar-refractivity contribution in [2.45, 2.75) is 65.6 Å².